The number of carbonyl (C=O) groups excluding carboxylic acids is 1. The van der Waals surface area contributed by atoms with E-state index in [9.17, 15) is 4.79 Å². The number of aryl methyl sites for hydroxylation is 1. The number of hydrogen-bond acceptors (Lipinski definition) is 7. The van der Waals surface area contributed by atoms with Crippen molar-refractivity contribution in [1.29, 1.82) is 0 Å². The van der Waals surface area contributed by atoms with E-state index < -0.39 is 0 Å². The molecule has 0 saturated carbocycles. The Labute approximate surface area is 207 Å². The van der Waals surface area contributed by atoms with Crippen LogP contribution in [0.15, 0.2) is 73.3 Å². The molecule has 5 heterocycles. The molecule has 1 aromatic carbocycles. The van der Waals surface area contributed by atoms with Gasteiger partial charge in [-0.3, -0.25) is 15.0 Å². The Morgan fingerprint density at radius 1 is 0.972 bits per heavy atom. The average Bonchev–Trinajstić information content (AvgIpc) is 3.37. The van der Waals surface area contributed by atoms with Crippen LogP contribution in [0.25, 0.3) is 44.8 Å². The number of benzene rings is 1. The third kappa shape index (κ3) is 4.34. The summed E-state index contributed by atoms with van der Waals surface area (Å²) < 4.78 is 5.39. The molecule has 36 heavy (non-hydrogen) atoms. The van der Waals surface area contributed by atoms with Crippen LogP contribution in [0, 0.1) is 12.8 Å². The van der Waals surface area contributed by atoms with Crippen molar-refractivity contribution in [3.8, 4) is 33.9 Å². The number of nitrogens with one attached hydrogen (secondary N) is 2. The highest BCUT2D eigenvalue weighted by Crippen LogP contribution is 2.31. The van der Waals surface area contributed by atoms with Gasteiger partial charge in [-0.1, -0.05) is 12.1 Å². The lowest BCUT2D eigenvalue weighted by Crippen LogP contribution is -2.44. The summed E-state index contributed by atoms with van der Waals surface area (Å²) in [7, 11) is 0. The van der Waals surface area contributed by atoms with Crippen molar-refractivity contribution in [3.05, 3.63) is 84.6 Å². The van der Waals surface area contributed by atoms with Crippen molar-refractivity contribution >= 4 is 16.9 Å². The fourth-order valence-corrected chi connectivity index (χ4v) is 4.24. The van der Waals surface area contributed by atoms with Gasteiger partial charge in [0, 0.05) is 53.6 Å². The second kappa shape index (κ2) is 9.31. The van der Waals surface area contributed by atoms with Crippen molar-refractivity contribution < 1.29 is 9.53 Å². The van der Waals surface area contributed by atoms with Crippen molar-refractivity contribution in [2.75, 3.05) is 19.7 Å². The minimum absolute atomic E-state index is 0.347. The summed E-state index contributed by atoms with van der Waals surface area (Å²) in [6.07, 6.45) is 5.04. The number of H-pyrrole nitrogens is 1. The molecule has 0 atom stereocenters. The number of nitrogens with zero attached hydrogens (tertiary/aromatic N) is 4. The summed E-state index contributed by atoms with van der Waals surface area (Å²) in [5.74, 6) is 0.0560. The largest absolute Gasteiger partial charge is 0.462 e. The van der Waals surface area contributed by atoms with E-state index in [-0.39, 0.29) is 5.97 Å². The lowest BCUT2D eigenvalue weighted by molar-refractivity contribution is 0.0397. The molecule has 5 aromatic rings. The number of fused-ring (bicyclic) bond motifs is 1. The SMILES string of the molecule is Cc1cccc(-c2[nH]cnc2-c2ccc3ncc(-c4ccc(C(=O)OCC5CNC5)cn4)cc3c2)n1. The summed E-state index contributed by atoms with van der Waals surface area (Å²) >= 11 is 0. The smallest absolute Gasteiger partial charge is 0.339 e. The zero-order chi connectivity index (χ0) is 24.5. The Morgan fingerprint density at radius 2 is 1.86 bits per heavy atom. The summed E-state index contributed by atoms with van der Waals surface area (Å²) in [6, 6.07) is 17.6. The highest BCUT2D eigenvalue weighted by atomic mass is 16.5. The molecule has 2 N–H and O–H groups in total. The third-order valence-corrected chi connectivity index (χ3v) is 6.35. The molecular formula is C28H24N6O2. The zero-order valence-electron chi connectivity index (χ0n) is 19.7. The van der Waals surface area contributed by atoms with Crippen LogP contribution in [-0.4, -0.2) is 50.6 Å². The molecule has 0 amide bonds. The molecule has 1 saturated heterocycles. The van der Waals surface area contributed by atoms with Gasteiger partial charge in [0.05, 0.1) is 46.8 Å². The predicted molar refractivity (Wildman–Crippen MR) is 137 cm³/mol. The van der Waals surface area contributed by atoms with Gasteiger partial charge in [-0.15, -0.1) is 0 Å². The zero-order valence-corrected chi connectivity index (χ0v) is 19.7. The summed E-state index contributed by atoms with van der Waals surface area (Å²) in [5, 5.41) is 4.14. The minimum atomic E-state index is -0.347. The molecule has 0 spiro atoms. The number of imidazole rings is 1. The second-order valence-electron chi connectivity index (χ2n) is 8.98. The first-order valence-electron chi connectivity index (χ1n) is 11.9. The van der Waals surface area contributed by atoms with Gasteiger partial charge < -0.3 is 15.0 Å². The molecule has 0 unspecified atom stereocenters. The van der Waals surface area contributed by atoms with Crippen LogP contribution in [0.3, 0.4) is 0 Å². The Bertz CT molecular complexity index is 1560. The first kappa shape index (κ1) is 22.1. The van der Waals surface area contributed by atoms with Gasteiger partial charge in [0.1, 0.15) is 0 Å². The highest BCUT2D eigenvalue weighted by Gasteiger charge is 2.19. The fourth-order valence-electron chi connectivity index (χ4n) is 4.24. The topological polar surface area (TPSA) is 106 Å². The van der Waals surface area contributed by atoms with E-state index in [1.807, 2.05) is 49.4 Å². The number of pyridine rings is 3. The second-order valence-corrected chi connectivity index (χ2v) is 8.98. The van der Waals surface area contributed by atoms with Gasteiger partial charge in [-0.25, -0.2) is 9.78 Å². The highest BCUT2D eigenvalue weighted by molar-refractivity contribution is 5.91. The lowest BCUT2D eigenvalue weighted by atomic mass is 10.0. The van der Waals surface area contributed by atoms with Crippen molar-refractivity contribution in [2.45, 2.75) is 6.92 Å². The molecule has 6 rings (SSSR count). The number of hydrogen-bond donors (Lipinski definition) is 2. The van der Waals surface area contributed by atoms with Crippen LogP contribution >= 0.6 is 0 Å². The number of aromatic amines is 1. The summed E-state index contributed by atoms with van der Waals surface area (Å²) in [4.78, 5) is 33.8. The molecule has 1 fully saturated rings. The van der Waals surface area contributed by atoms with Crippen LogP contribution in [0.1, 0.15) is 16.1 Å². The van der Waals surface area contributed by atoms with Gasteiger partial charge >= 0.3 is 5.97 Å². The molecular weight excluding hydrogens is 452 g/mol. The first-order valence-corrected chi connectivity index (χ1v) is 11.9. The lowest BCUT2D eigenvalue weighted by Gasteiger charge is -2.26. The van der Waals surface area contributed by atoms with Crippen molar-refractivity contribution in [2.24, 2.45) is 5.92 Å². The maximum atomic E-state index is 12.3. The Balaban J connectivity index is 1.27. The Kier molecular flexibility index (Phi) is 5.71. The fraction of sp³-hybridized carbons (Fsp3) is 0.179. The van der Waals surface area contributed by atoms with Crippen LogP contribution in [-0.2, 0) is 4.74 Å². The maximum absolute atomic E-state index is 12.3. The van der Waals surface area contributed by atoms with Crippen molar-refractivity contribution in [3.63, 3.8) is 0 Å². The van der Waals surface area contributed by atoms with E-state index in [0.717, 1.165) is 63.6 Å². The van der Waals surface area contributed by atoms with Gasteiger partial charge in [-0.2, -0.15) is 0 Å². The molecule has 0 aliphatic carbocycles. The molecule has 1 aliphatic rings. The molecule has 0 radical (unpaired) electrons. The minimum Gasteiger partial charge on any atom is -0.462 e. The third-order valence-electron chi connectivity index (χ3n) is 6.35. The van der Waals surface area contributed by atoms with Gasteiger partial charge in [0.15, 0.2) is 0 Å². The number of ether oxygens (including phenoxy) is 1. The molecule has 8 heteroatoms. The normalized spacial score (nSPS) is 13.5. The van der Waals surface area contributed by atoms with E-state index in [1.165, 1.54) is 0 Å². The quantitative estimate of drug-likeness (QED) is 0.349. The van der Waals surface area contributed by atoms with E-state index in [1.54, 1.807) is 24.8 Å². The number of aromatic nitrogens is 5. The van der Waals surface area contributed by atoms with Gasteiger partial charge in [0.2, 0.25) is 0 Å². The molecule has 178 valence electrons. The van der Waals surface area contributed by atoms with E-state index >= 15 is 0 Å². The van der Waals surface area contributed by atoms with E-state index in [0.29, 0.717) is 18.1 Å². The number of esters is 1. The summed E-state index contributed by atoms with van der Waals surface area (Å²) in [5.41, 5.74) is 7.38. The van der Waals surface area contributed by atoms with Crippen molar-refractivity contribution in [1.82, 2.24) is 30.2 Å². The number of carbonyl (C=O) groups is 1. The molecule has 0 bridgehead atoms. The van der Waals surface area contributed by atoms with E-state index in [4.69, 9.17) is 4.74 Å². The molecule has 4 aromatic heterocycles. The standard InChI is InChI=1S/C28H24N6O2/c1-17-3-2-4-25(34-17)27-26(32-16-33-27)19-5-7-23-21(9-19)10-22(14-31-23)24-8-6-20(13-30-24)28(35)36-15-18-11-29-12-18/h2-10,13-14,16,18,29H,11-12,15H2,1H3,(H,32,33). The Morgan fingerprint density at radius 3 is 2.64 bits per heavy atom. The average molecular weight is 477 g/mol. The maximum Gasteiger partial charge on any atom is 0.339 e. The van der Waals surface area contributed by atoms with Crippen LogP contribution in [0.5, 0.6) is 0 Å². The molecule has 1 aliphatic heterocycles. The van der Waals surface area contributed by atoms with Crippen LogP contribution in [0.4, 0.5) is 0 Å². The van der Waals surface area contributed by atoms with Crippen LogP contribution in [0.2, 0.25) is 0 Å². The van der Waals surface area contributed by atoms with E-state index in [2.05, 4.69) is 36.3 Å². The molecule has 8 nitrogen and oxygen atoms in total. The first-order chi connectivity index (χ1) is 17.6. The van der Waals surface area contributed by atoms with Gasteiger partial charge in [-0.05, 0) is 49.4 Å². The predicted octanol–water partition coefficient (Wildman–Crippen LogP) is 4.43. The van der Waals surface area contributed by atoms with Crippen LogP contribution < -0.4 is 5.32 Å². The monoisotopic (exact) mass is 476 g/mol. The van der Waals surface area contributed by atoms with Gasteiger partial charge in [0.25, 0.3) is 0 Å². The summed E-state index contributed by atoms with van der Waals surface area (Å²) in [6.45, 7) is 4.19. The Hall–Kier alpha value is -4.43. The number of rotatable bonds is 6.